The van der Waals surface area contributed by atoms with Crippen LogP contribution in [0.15, 0.2) is 11.6 Å². The van der Waals surface area contributed by atoms with Gasteiger partial charge in [0.05, 0.1) is 34.8 Å². The molecule has 0 spiro atoms. The molecule has 2 heterocycles. The second-order valence-corrected chi connectivity index (χ2v) is 6.52. The smallest absolute Gasteiger partial charge is 0.131 e. The second kappa shape index (κ2) is 6.95. The molecule has 0 radical (unpaired) electrons. The van der Waals surface area contributed by atoms with Crippen molar-refractivity contribution in [2.75, 3.05) is 19.0 Å². The summed E-state index contributed by atoms with van der Waals surface area (Å²) < 4.78 is 0. The lowest BCUT2D eigenvalue weighted by atomic mass is 10.2. The molecule has 0 aliphatic heterocycles. The highest BCUT2D eigenvalue weighted by Gasteiger charge is 2.13. The van der Waals surface area contributed by atoms with Crippen molar-refractivity contribution in [3.05, 3.63) is 33.8 Å². The largest absolute Gasteiger partial charge is 0.366 e. The van der Waals surface area contributed by atoms with Gasteiger partial charge in [0.2, 0.25) is 0 Å². The van der Waals surface area contributed by atoms with E-state index in [1.54, 1.807) is 11.3 Å². The summed E-state index contributed by atoms with van der Waals surface area (Å²) in [5.41, 5.74) is 3.17. The number of rotatable bonds is 6. The summed E-state index contributed by atoms with van der Waals surface area (Å²) in [7, 11) is 3.99. The average molecular weight is 305 g/mol. The van der Waals surface area contributed by atoms with E-state index in [4.69, 9.17) is 4.98 Å². The van der Waals surface area contributed by atoms with Crippen molar-refractivity contribution >= 4 is 17.0 Å². The normalized spacial score (nSPS) is 11.1. The second-order valence-electron chi connectivity index (χ2n) is 5.46. The van der Waals surface area contributed by atoms with Gasteiger partial charge in [0.25, 0.3) is 0 Å². The molecule has 2 aromatic heterocycles. The summed E-state index contributed by atoms with van der Waals surface area (Å²) in [5.74, 6) is 1.23. The molecule has 6 heteroatoms. The van der Waals surface area contributed by atoms with Crippen molar-refractivity contribution < 1.29 is 0 Å². The van der Waals surface area contributed by atoms with E-state index in [0.717, 1.165) is 41.0 Å². The SMILES string of the molecule is CNCc1nc(C(C)C)ncc1N(C)Cc1csc(C)n1. The molecular formula is C15H23N5S. The number of nitrogens with one attached hydrogen (secondary N) is 1. The fraction of sp³-hybridized carbons (Fsp3) is 0.533. The van der Waals surface area contributed by atoms with E-state index in [-0.39, 0.29) is 0 Å². The summed E-state index contributed by atoms with van der Waals surface area (Å²) in [6, 6.07) is 0. The first-order valence-electron chi connectivity index (χ1n) is 7.13. The van der Waals surface area contributed by atoms with Gasteiger partial charge in [0.1, 0.15) is 5.82 Å². The third-order valence-corrected chi connectivity index (χ3v) is 4.02. The molecular weight excluding hydrogens is 282 g/mol. The summed E-state index contributed by atoms with van der Waals surface area (Å²) in [6.45, 7) is 7.75. The molecule has 0 aliphatic rings. The summed E-state index contributed by atoms with van der Waals surface area (Å²) in [4.78, 5) is 15.9. The molecule has 0 saturated carbocycles. The van der Waals surface area contributed by atoms with Crippen LogP contribution in [0.5, 0.6) is 0 Å². The van der Waals surface area contributed by atoms with Crippen molar-refractivity contribution in [1.82, 2.24) is 20.3 Å². The van der Waals surface area contributed by atoms with E-state index in [2.05, 4.69) is 46.5 Å². The van der Waals surface area contributed by atoms with Crippen LogP contribution in [0.3, 0.4) is 0 Å². The quantitative estimate of drug-likeness (QED) is 0.889. The Labute approximate surface area is 130 Å². The van der Waals surface area contributed by atoms with E-state index in [0.29, 0.717) is 5.92 Å². The molecule has 114 valence electrons. The zero-order chi connectivity index (χ0) is 15.4. The van der Waals surface area contributed by atoms with E-state index >= 15 is 0 Å². The van der Waals surface area contributed by atoms with Gasteiger partial charge < -0.3 is 10.2 Å². The van der Waals surface area contributed by atoms with Gasteiger partial charge in [-0.05, 0) is 14.0 Å². The Hall–Kier alpha value is -1.53. The van der Waals surface area contributed by atoms with Gasteiger partial charge in [0.15, 0.2) is 0 Å². The molecule has 0 unspecified atom stereocenters. The highest BCUT2D eigenvalue weighted by Crippen LogP contribution is 2.21. The molecule has 5 nitrogen and oxygen atoms in total. The van der Waals surface area contributed by atoms with E-state index in [1.165, 1.54) is 0 Å². The fourth-order valence-electron chi connectivity index (χ4n) is 2.13. The van der Waals surface area contributed by atoms with Crippen molar-refractivity contribution in [3.8, 4) is 0 Å². The van der Waals surface area contributed by atoms with Crippen LogP contribution in [0.4, 0.5) is 5.69 Å². The lowest BCUT2D eigenvalue weighted by Crippen LogP contribution is -2.22. The van der Waals surface area contributed by atoms with Gasteiger partial charge >= 0.3 is 0 Å². The average Bonchev–Trinajstić information content (AvgIpc) is 2.84. The lowest BCUT2D eigenvalue weighted by molar-refractivity contribution is 0.718. The maximum atomic E-state index is 4.70. The Balaban J connectivity index is 2.24. The van der Waals surface area contributed by atoms with Crippen molar-refractivity contribution in [2.24, 2.45) is 0 Å². The molecule has 2 rings (SSSR count). The highest BCUT2D eigenvalue weighted by molar-refractivity contribution is 7.09. The zero-order valence-corrected chi connectivity index (χ0v) is 14.2. The van der Waals surface area contributed by atoms with Crippen LogP contribution in [0, 0.1) is 6.92 Å². The van der Waals surface area contributed by atoms with Gasteiger partial charge in [-0.25, -0.2) is 15.0 Å². The van der Waals surface area contributed by atoms with Crippen LogP contribution in [0.1, 0.15) is 42.0 Å². The first kappa shape index (κ1) is 15.9. The standard InChI is InChI=1S/C15H23N5S/c1-10(2)15-17-7-14(13(19-15)6-16-4)20(5)8-12-9-21-11(3)18-12/h7,9-10,16H,6,8H2,1-5H3. The van der Waals surface area contributed by atoms with Crippen LogP contribution in [0.2, 0.25) is 0 Å². The van der Waals surface area contributed by atoms with Gasteiger partial charge in [-0.3, -0.25) is 0 Å². The Bertz CT molecular complexity index is 593. The molecule has 0 aliphatic carbocycles. The zero-order valence-electron chi connectivity index (χ0n) is 13.3. The Morgan fingerprint density at radius 2 is 2.10 bits per heavy atom. The Kier molecular flexibility index (Phi) is 5.25. The monoisotopic (exact) mass is 305 g/mol. The topological polar surface area (TPSA) is 53.9 Å². The van der Waals surface area contributed by atoms with Crippen LogP contribution < -0.4 is 10.2 Å². The van der Waals surface area contributed by atoms with Crippen molar-refractivity contribution in [2.45, 2.75) is 39.8 Å². The number of aryl methyl sites for hydroxylation is 1. The summed E-state index contributed by atoms with van der Waals surface area (Å²) >= 11 is 1.68. The van der Waals surface area contributed by atoms with Crippen molar-refractivity contribution in [3.63, 3.8) is 0 Å². The van der Waals surface area contributed by atoms with Gasteiger partial charge in [-0.1, -0.05) is 13.8 Å². The Morgan fingerprint density at radius 3 is 2.67 bits per heavy atom. The number of aromatic nitrogens is 3. The predicted molar refractivity (Wildman–Crippen MR) is 87.8 cm³/mol. The molecule has 1 N–H and O–H groups in total. The minimum atomic E-state index is 0.334. The minimum Gasteiger partial charge on any atom is -0.366 e. The highest BCUT2D eigenvalue weighted by atomic mass is 32.1. The summed E-state index contributed by atoms with van der Waals surface area (Å²) in [6.07, 6.45) is 1.92. The van der Waals surface area contributed by atoms with Crippen LogP contribution in [0.25, 0.3) is 0 Å². The number of anilines is 1. The molecule has 0 amide bonds. The van der Waals surface area contributed by atoms with Crippen LogP contribution >= 0.6 is 11.3 Å². The van der Waals surface area contributed by atoms with Crippen LogP contribution in [-0.2, 0) is 13.1 Å². The van der Waals surface area contributed by atoms with E-state index in [1.807, 2.05) is 20.2 Å². The molecule has 0 atom stereocenters. The van der Waals surface area contributed by atoms with Crippen LogP contribution in [-0.4, -0.2) is 29.0 Å². The molecule has 21 heavy (non-hydrogen) atoms. The summed E-state index contributed by atoms with van der Waals surface area (Å²) in [5, 5.41) is 6.38. The minimum absolute atomic E-state index is 0.334. The number of thiazole rings is 1. The van der Waals surface area contributed by atoms with Gasteiger partial charge in [-0.15, -0.1) is 11.3 Å². The first-order chi connectivity index (χ1) is 10.0. The van der Waals surface area contributed by atoms with Crippen molar-refractivity contribution in [1.29, 1.82) is 0 Å². The maximum Gasteiger partial charge on any atom is 0.131 e. The number of hydrogen-bond acceptors (Lipinski definition) is 6. The predicted octanol–water partition coefficient (Wildman–Crippen LogP) is 2.72. The van der Waals surface area contributed by atoms with Gasteiger partial charge in [0, 0.05) is 24.9 Å². The molecule has 0 bridgehead atoms. The Morgan fingerprint density at radius 1 is 1.33 bits per heavy atom. The number of nitrogens with zero attached hydrogens (tertiary/aromatic N) is 4. The van der Waals surface area contributed by atoms with E-state index in [9.17, 15) is 0 Å². The van der Waals surface area contributed by atoms with E-state index < -0.39 is 0 Å². The molecule has 2 aromatic rings. The fourth-order valence-corrected chi connectivity index (χ4v) is 2.73. The molecule has 0 saturated heterocycles. The maximum absolute atomic E-state index is 4.70. The molecule has 0 aromatic carbocycles. The molecule has 0 fully saturated rings. The number of hydrogen-bond donors (Lipinski definition) is 1. The van der Waals surface area contributed by atoms with Gasteiger partial charge in [-0.2, -0.15) is 0 Å². The third-order valence-electron chi connectivity index (χ3n) is 3.20. The first-order valence-corrected chi connectivity index (χ1v) is 8.01. The third kappa shape index (κ3) is 3.98. The lowest BCUT2D eigenvalue weighted by Gasteiger charge is -2.21.